The zero-order valence-corrected chi connectivity index (χ0v) is 25.4. The third-order valence-electron chi connectivity index (χ3n) is 7.91. The monoisotopic (exact) mass is 547 g/mol. The molecule has 1 aromatic heterocycles. The molecule has 5 heteroatoms. The lowest BCUT2D eigenvalue weighted by atomic mass is 9.77. The van der Waals surface area contributed by atoms with Gasteiger partial charge in [-0.2, -0.15) is 4.80 Å². The van der Waals surface area contributed by atoms with Crippen molar-refractivity contribution in [2.45, 2.75) is 78.6 Å². The average molecular weight is 548 g/mol. The number of aryl methyl sites for hydroxylation is 1. The molecule has 0 saturated carbocycles. The summed E-state index contributed by atoms with van der Waals surface area (Å²) in [6.07, 6.45) is 0.563. The van der Waals surface area contributed by atoms with Crippen LogP contribution in [0.1, 0.15) is 93.3 Å². The molecule has 0 radical (unpaired) electrons. The minimum Gasteiger partial charge on any atom is -0.507 e. The number of aromatic hydroxyl groups is 2. The van der Waals surface area contributed by atoms with Gasteiger partial charge in [-0.3, -0.25) is 0 Å². The van der Waals surface area contributed by atoms with Crippen LogP contribution in [-0.4, -0.2) is 25.2 Å². The van der Waals surface area contributed by atoms with E-state index in [9.17, 15) is 10.2 Å². The summed E-state index contributed by atoms with van der Waals surface area (Å²) in [5.74, 6) is 0.571. The smallest absolute Gasteiger partial charge is 0.123 e. The van der Waals surface area contributed by atoms with E-state index in [0.717, 1.165) is 55.7 Å². The molecule has 0 aliphatic heterocycles. The fourth-order valence-corrected chi connectivity index (χ4v) is 5.68. The van der Waals surface area contributed by atoms with Gasteiger partial charge in [-0.1, -0.05) is 109 Å². The number of hydrogen-bond donors (Lipinski definition) is 2. The number of aromatic nitrogens is 3. The highest BCUT2D eigenvalue weighted by molar-refractivity contribution is 5.73. The molecule has 0 bridgehead atoms. The Hall–Kier alpha value is -4.12. The summed E-state index contributed by atoms with van der Waals surface area (Å²) >= 11 is 0. The largest absolute Gasteiger partial charge is 0.507 e. The van der Waals surface area contributed by atoms with Crippen LogP contribution in [0.25, 0.3) is 16.7 Å². The van der Waals surface area contributed by atoms with Crippen molar-refractivity contribution < 1.29 is 10.2 Å². The van der Waals surface area contributed by atoms with Crippen LogP contribution in [0.4, 0.5) is 0 Å². The second-order valence-corrected chi connectivity index (χ2v) is 13.3. The first kappa shape index (κ1) is 28.4. The van der Waals surface area contributed by atoms with Crippen molar-refractivity contribution >= 4 is 11.0 Å². The Balaban J connectivity index is 1.58. The number of phenols is 2. The Labute approximate surface area is 243 Å². The summed E-state index contributed by atoms with van der Waals surface area (Å²) in [6.45, 7) is 16.9. The van der Waals surface area contributed by atoms with Crippen LogP contribution in [-0.2, 0) is 17.3 Å². The molecule has 5 aromatic rings. The molecule has 0 saturated heterocycles. The van der Waals surface area contributed by atoms with E-state index in [1.165, 1.54) is 0 Å². The molecule has 2 N–H and O–H groups in total. The van der Waals surface area contributed by atoms with E-state index in [0.29, 0.717) is 17.9 Å². The van der Waals surface area contributed by atoms with Crippen LogP contribution in [0.2, 0.25) is 0 Å². The van der Waals surface area contributed by atoms with Gasteiger partial charge in [0.15, 0.2) is 0 Å². The summed E-state index contributed by atoms with van der Waals surface area (Å²) in [5.41, 5.74) is 8.93. The van der Waals surface area contributed by atoms with E-state index in [2.05, 4.69) is 85.7 Å². The van der Waals surface area contributed by atoms with E-state index in [1.807, 2.05) is 42.5 Å². The van der Waals surface area contributed by atoms with Gasteiger partial charge in [0.25, 0.3) is 0 Å². The predicted molar refractivity (Wildman–Crippen MR) is 168 cm³/mol. The standard InChI is InChI=1S/C36H41N3O2/c1-22-17-25(19-24-20-28(35(3,4)5)34(41)29(21-24)36(6,7)8)33(40)27(18-22)23(2)26-13-9-12-16-32(26)39-37-30-14-10-11-15-31(30)38-39/h9-18,20-21,23,40-41H,19H2,1-8H3. The van der Waals surface area contributed by atoms with Crippen molar-refractivity contribution in [3.63, 3.8) is 0 Å². The van der Waals surface area contributed by atoms with Gasteiger partial charge in [-0.15, -0.1) is 10.2 Å². The highest BCUT2D eigenvalue weighted by Gasteiger charge is 2.27. The molecule has 5 rings (SSSR count). The third-order valence-corrected chi connectivity index (χ3v) is 7.91. The van der Waals surface area contributed by atoms with Crippen molar-refractivity contribution in [3.05, 3.63) is 112 Å². The molecule has 4 aromatic carbocycles. The average Bonchev–Trinajstić information content (AvgIpc) is 3.34. The summed E-state index contributed by atoms with van der Waals surface area (Å²) in [6, 6.07) is 24.3. The lowest BCUT2D eigenvalue weighted by Gasteiger charge is -2.28. The molecule has 212 valence electrons. The normalized spacial score (nSPS) is 13.1. The molecule has 0 aliphatic rings. The summed E-state index contributed by atoms with van der Waals surface area (Å²) < 4.78 is 0. The molecule has 1 atom stereocenters. The zero-order valence-electron chi connectivity index (χ0n) is 25.4. The van der Waals surface area contributed by atoms with Crippen molar-refractivity contribution in [1.29, 1.82) is 0 Å². The Bertz CT molecular complexity index is 1670. The topological polar surface area (TPSA) is 71.2 Å². The summed E-state index contributed by atoms with van der Waals surface area (Å²) in [5, 5.41) is 32.3. The maximum atomic E-state index is 11.7. The molecule has 0 fully saturated rings. The first-order valence-corrected chi connectivity index (χ1v) is 14.3. The summed E-state index contributed by atoms with van der Waals surface area (Å²) in [4.78, 5) is 1.70. The van der Waals surface area contributed by atoms with E-state index in [4.69, 9.17) is 10.2 Å². The van der Waals surface area contributed by atoms with E-state index in [1.54, 1.807) is 4.80 Å². The molecule has 41 heavy (non-hydrogen) atoms. The first-order valence-electron chi connectivity index (χ1n) is 14.3. The van der Waals surface area contributed by atoms with Crippen LogP contribution >= 0.6 is 0 Å². The Kier molecular flexibility index (Phi) is 7.19. The number of para-hydroxylation sites is 1. The number of nitrogens with zero attached hydrogens (tertiary/aromatic N) is 3. The number of phenolic OH excluding ortho intramolecular Hbond substituents is 2. The lowest BCUT2D eigenvalue weighted by molar-refractivity contribution is 0.422. The SMILES string of the molecule is Cc1cc(Cc2cc(C(C)(C)C)c(O)c(C(C)(C)C)c2)c(O)c(C(C)c2ccccc2-n2nc3ccccc3n2)c1. The Morgan fingerprint density at radius 3 is 1.80 bits per heavy atom. The Morgan fingerprint density at radius 1 is 0.707 bits per heavy atom. The number of hydrogen-bond acceptors (Lipinski definition) is 4. The van der Waals surface area contributed by atoms with Gasteiger partial charge in [0.05, 0.1) is 5.69 Å². The molecule has 1 heterocycles. The van der Waals surface area contributed by atoms with E-state index >= 15 is 0 Å². The quantitative estimate of drug-likeness (QED) is 0.231. The zero-order chi connectivity index (χ0) is 29.7. The number of benzene rings is 4. The fraction of sp³-hybridized carbons (Fsp3) is 0.333. The van der Waals surface area contributed by atoms with Crippen LogP contribution in [0.15, 0.2) is 72.8 Å². The second-order valence-electron chi connectivity index (χ2n) is 13.3. The van der Waals surface area contributed by atoms with Gasteiger partial charge in [0.2, 0.25) is 0 Å². The molecule has 0 amide bonds. The summed E-state index contributed by atoms with van der Waals surface area (Å²) in [7, 11) is 0. The predicted octanol–water partition coefficient (Wildman–Crippen LogP) is 8.48. The maximum Gasteiger partial charge on any atom is 0.123 e. The van der Waals surface area contributed by atoms with Gasteiger partial charge in [0, 0.05) is 17.9 Å². The van der Waals surface area contributed by atoms with Crippen molar-refractivity contribution in [2.75, 3.05) is 0 Å². The van der Waals surface area contributed by atoms with Gasteiger partial charge >= 0.3 is 0 Å². The van der Waals surface area contributed by atoms with Crippen molar-refractivity contribution in [3.8, 4) is 17.2 Å². The molecule has 5 nitrogen and oxygen atoms in total. The van der Waals surface area contributed by atoms with Gasteiger partial charge < -0.3 is 10.2 Å². The highest BCUT2D eigenvalue weighted by atomic mass is 16.3. The van der Waals surface area contributed by atoms with Gasteiger partial charge in [0.1, 0.15) is 22.5 Å². The molecular formula is C36H41N3O2. The first-order chi connectivity index (χ1) is 19.2. The molecule has 0 spiro atoms. The van der Waals surface area contributed by atoms with Gasteiger partial charge in [-0.05, 0) is 63.8 Å². The fourth-order valence-electron chi connectivity index (χ4n) is 5.68. The second kappa shape index (κ2) is 10.4. The third kappa shape index (κ3) is 5.58. The highest BCUT2D eigenvalue weighted by Crippen LogP contribution is 2.42. The van der Waals surface area contributed by atoms with Crippen LogP contribution < -0.4 is 0 Å². The lowest BCUT2D eigenvalue weighted by Crippen LogP contribution is -2.18. The molecule has 0 aliphatic carbocycles. The number of fused-ring (bicyclic) bond motifs is 1. The van der Waals surface area contributed by atoms with Crippen LogP contribution in [0.5, 0.6) is 11.5 Å². The van der Waals surface area contributed by atoms with Crippen LogP contribution in [0, 0.1) is 6.92 Å². The van der Waals surface area contributed by atoms with Crippen LogP contribution in [0.3, 0.4) is 0 Å². The Morgan fingerprint density at radius 2 is 1.24 bits per heavy atom. The minimum absolute atomic E-state index is 0.103. The minimum atomic E-state index is -0.219. The molecular weight excluding hydrogens is 506 g/mol. The molecule has 1 unspecified atom stereocenters. The van der Waals surface area contributed by atoms with E-state index in [-0.39, 0.29) is 16.7 Å². The number of rotatable bonds is 5. The van der Waals surface area contributed by atoms with E-state index < -0.39 is 0 Å². The van der Waals surface area contributed by atoms with Crippen molar-refractivity contribution in [1.82, 2.24) is 15.0 Å². The maximum absolute atomic E-state index is 11.7. The van der Waals surface area contributed by atoms with Crippen molar-refractivity contribution in [2.24, 2.45) is 0 Å². The van der Waals surface area contributed by atoms with Gasteiger partial charge in [-0.25, -0.2) is 0 Å².